The highest BCUT2D eigenvalue weighted by Crippen LogP contribution is 2.26. The lowest BCUT2D eigenvalue weighted by Crippen LogP contribution is -2.38. The molecule has 9 heteroatoms. The third kappa shape index (κ3) is 5.74. The second-order valence-electron chi connectivity index (χ2n) is 7.34. The molecule has 1 N–H and O–H groups in total. The Morgan fingerprint density at radius 2 is 1.59 bits per heavy atom. The van der Waals surface area contributed by atoms with E-state index < -0.39 is 28.4 Å². The average molecular weight is 483 g/mol. The molecule has 3 aromatic rings. The topological polar surface area (TPSA) is 102 Å². The number of para-hydroxylation sites is 1. The quantitative estimate of drug-likeness (QED) is 0.462. The van der Waals surface area contributed by atoms with Crippen LogP contribution in [0.1, 0.15) is 22.8 Å². The number of nitrogens with zero attached hydrogens (tertiary/aromatic N) is 1. The monoisotopic (exact) mass is 482 g/mol. The number of ether oxygens (including phenoxy) is 2. The number of amides is 1. The summed E-state index contributed by atoms with van der Waals surface area (Å²) in [5, 5.41) is 2.63. The Morgan fingerprint density at radius 3 is 2.21 bits per heavy atom. The molecule has 1 amide bonds. The molecule has 0 aliphatic rings. The van der Waals surface area contributed by atoms with E-state index in [1.807, 2.05) is 6.92 Å². The maximum Gasteiger partial charge on any atom is 0.340 e. The van der Waals surface area contributed by atoms with Crippen LogP contribution in [-0.2, 0) is 19.6 Å². The lowest BCUT2D eigenvalue weighted by molar-refractivity contribution is -0.114. The Kier molecular flexibility index (Phi) is 7.91. The lowest BCUT2D eigenvalue weighted by atomic mass is 10.2. The van der Waals surface area contributed by atoms with E-state index in [0.29, 0.717) is 5.75 Å². The fraction of sp³-hybridized carbons (Fsp3) is 0.200. The normalized spacial score (nSPS) is 10.9. The Hall–Kier alpha value is -3.85. The van der Waals surface area contributed by atoms with Crippen molar-refractivity contribution in [1.29, 1.82) is 0 Å². The summed E-state index contributed by atoms with van der Waals surface area (Å²) in [4.78, 5) is 25.3. The van der Waals surface area contributed by atoms with Crippen LogP contribution in [0.5, 0.6) is 5.75 Å². The van der Waals surface area contributed by atoms with E-state index in [1.54, 1.807) is 61.5 Å². The van der Waals surface area contributed by atoms with E-state index in [2.05, 4.69) is 5.32 Å². The van der Waals surface area contributed by atoms with E-state index in [9.17, 15) is 18.0 Å². The van der Waals surface area contributed by atoms with Gasteiger partial charge in [-0.2, -0.15) is 0 Å². The molecule has 0 radical (unpaired) electrons. The number of carbonyl (C=O) groups excluding carboxylic acids is 2. The Balaban J connectivity index is 1.94. The molecule has 0 aliphatic carbocycles. The minimum absolute atomic E-state index is 0.0497. The summed E-state index contributed by atoms with van der Waals surface area (Å²) in [6, 6.07) is 19.1. The largest absolute Gasteiger partial charge is 0.497 e. The van der Waals surface area contributed by atoms with Crippen LogP contribution in [0.4, 0.5) is 11.4 Å². The van der Waals surface area contributed by atoms with Gasteiger partial charge in [0.25, 0.3) is 10.0 Å². The smallest absolute Gasteiger partial charge is 0.340 e. The maximum atomic E-state index is 13.5. The summed E-state index contributed by atoms with van der Waals surface area (Å²) in [6.45, 7) is 3.20. The number of nitrogens with one attached hydrogen (secondary N) is 1. The van der Waals surface area contributed by atoms with Crippen LogP contribution in [0.25, 0.3) is 0 Å². The standard InChI is InChI=1S/C25H26N2O6S/c1-4-33-25(29)22-7-5-6-8-23(22)26-24(28)17-27(19-11-13-20(32-3)14-12-19)34(30,31)21-15-9-18(2)10-16-21/h5-16H,4,17H2,1-3H3,(H,26,28). The number of sulfonamides is 1. The molecule has 3 rings (SSSR count). The Bertz CT molecular complexity index is 1260. The van der Waals surface area contributed by atoms with Crippen molar-refractivity contribution in [3.63, 3.8) is 0 Å². The predicted octanol–water partition coefficient (Wildman–Crippen LogP) is 4.01. The molecule has 0 fully saturated rings. The van der Waals surface area contributed by atoms with E-state index in [1.165, 1.54) is 25.3 Å². The van der Waals surface area contributed by atoms with Crippen LogP contribution in [0.15, 0.2) is 77.7 Å². The van der Waals surface area contributed by atoms with Crippen LogP contribution in [0, 0.1) is 6.92 Å². The molecule has 3 aromatic carbocycles. The number of esters is 1. The van der Waals surface area contributed by atoms with Gasteiger partial charge >= 0.3 is 5.97 Å². The molecule has 0 bridgehead atoms. The number of rotatable bonds is 9. The van der Waals surface area contributed by atoms with Crippen LogP contribution in [0.2, 0.25) is 0 Å². The number of hydrogen-bond acceptors (Lipinski definition) is 6. The first kappa shape index (κ1) is 24.8. The molecule has 0 aromatic heterocycles. The van der Waals surface area contributed by atoms with Gasteiger partial charge in [-0.25, -0.2) is 13.2 Å². The fourth-order valence-electron chi connectivity index (χ4n) is 3.20. The minimum atomic E-state index is -4.07. The van der Waals surface area contributed by atoms with Crippen molar-refractivity contribution in [2.24, 2.45) is 0 Å². The minimum Gasteiger partial charge on any atom is -0.497 e. The molecule has 0 aliphatic heterocycles. The molecule has 8 nitrogen and oxygen atoms in total. The van der Waals surface area contributed by atoms with Crippen LogP contribution >= 0.6 is 0 Å². The van der Waals surface area contributed by atoms with Crippen LogP contribution < -0.4 is 14.4 Å². The van der Waals surface area contributed by atoms with Crippen molar-refractivity contribution in [3.8, 4) is 5.75 Å². The highest BCUT2D eigenvalue weighted by molar-refractivity contribution is 7.92. The first-order valence-corrected chi connectivity index (χ1v) is 12.0. The zero-order valence-electron chi connectivity index (χ0n) is 19.1. The van der Waals surface area contributed by atoms with Crippen LogP contribution in [-0.4, -0.2) is 40.6 Å². The Labute approximate surface area is 199 Å². The molecule has 0 saturated heterocycles. The summed E-state index contributed by atoms with van der Waals surface area (Å²) in [7, 11) is -2.57. The molecule has 0 saturated carbocycles. The molecule has 0 atom stereocenters. The third-order valence-corrected chi connectivity index (χ3v) is 6.74. The molecule has 0 heterocycles. The van der Waals surface area contributed by atoms with E-state index in [-0.39, 0.29) is 28.4 Å². The number of methoxy groups -OCH3 is 1. The maximum absolute atomic E-state index is 13.5. The van der Waals surface area contributed by atoms with Gasteiger partial charge in [0.15, 0.2) is 0 Å². The second kappa shape index (κ2) is 10.8. The van der Waals surface area contributed by atoms with Crippen molar-refractivity contribution in [2.45, 2.75) is 18.7 Å². The average Bonchev–Trinajstić information content (AvgIpc) is 2.83. The lowest BCUT2D eigenvalue weighted by Gasteiger charge is -2.24. The Morgan fingerprint density at radius 1 is 0.941 bits per heavy atom. The van der Waals surface area contributed by atoms with Crippen molar-refractivity contribution in [2.75, 3.05) is 29.9 Å². The van der Waals surface area contributed by atoms with Gasteiger partial charge in [-0.1, -0.05) is 29.8 Å². The van der Waals surface area contributed by atoms with Gasteiger partial charge in [0.1, 0.15) is 12.3 Å². The van der Waals surface area contributed by atoms with Gasteiger partial charge in [0.2, 0.25) is 5.91 Å². The number of carbonyl (C=O) groups is 2. The van der Waals surface area contributed by atoms with Gasteiger partial charge in [0, 0.05) is 0 Å². The number of benzene rings is 3. The number of hydrogen-bond donors (Lipinski definition) is 1. The zero-order valence-corrected chi connectivity index (χ0v) is 20.0. The van der Waals surface area contributed by atoms with Gasteiger partial charge in [0.05, 0.1) is 35.6 Å². The molecular weight excluding hydrogens is 456 g/mol. The third-order valence-electron chi connectivity index (χ3n) is 4.95. The summed E-state index contributed by atoms with van der Waals surface area (Å²) in [5.74, 6) is -0.662. The van der Waals surface area contributed by atoms with Crippen molar-refractivity contribution >= 4 is 33.3 Å². The second-order valence-corrected chi connectivity index (χ2v) is 9.20. The summed E-state index contributed by atoms with van der Waals surface area (Å²) in [6.07, 6.45) is 0. The molecule has 0 spiro atoms. The van der Waals surface area contributed by atoms with Crippen molar-refractivity contribution in [1.82, 2.24) is 0 Å². The van der Waals surface area contributed by atoms with Crippen molar-refractivity contribution < 1.29 is 27.5 Å². The molecule has 178 valence electrons. The molecular formula is C25H26N2O6S. The SMILES string of the molecule is CCOC(=O)c1ccccc1NC(=O)CN(c1ccc(OC)cc1)S(=O)(=O)c1ccc(C)cc1. The van der Waals surface area contributed by atoms with E-state index in [4.69, 9.17) is 9.47 Å². The van der Waals surface area contributed by atoms with Crippen LogP contribution in [0.3, 0.4) is 0 Å². The summed E-state index contributed by atoms with van der Waals surface area (Å²) >= 11 is 0. The fourth-order valence-corrected chi connectivity index (χ4v) is 4.62. The molecule has 34 heavy (non-hydrogen) atoms. The van der Waals surface area contributed by atoms with E-state index >= 15 is 0 Å². The predicted molar refractivity (Wildman–Crippen MR) is 130 cm³/mol. The number of anilines is 2. The highest BCUT2D eigenvalue weighted by atomic mass is 32.2. The zero-order chi connectivity index (χ0) is 24.7. The number of aryl methyl sites for hydroxylation is 1. The van der Waals surface area contributed by atoms with Crippen molar-refractivity contribution in [3.05, 3.63) is 83.9 Å². The first-order valence-electron chi connectivity index (χ1n) is 10.6. The van der Waals surface area contributed by atoms with Gasteiger partial charge in [-0.15, -0.1) is 0 Å². The molecule has 0 unspecified atom stereocenters. The first-order chi connectivity index (χ1) is 16.3. The summed E-state index contributed by atoms with van der Waals surface area (Å²) < 4.78 is 38.2. The highest BCUT2D eigenvalue weighted by Gasteiger charge is 2.28. The van der Waals surface area contributed by atoms with Gasteiger partial charge in [-0.05, 0) is 62.4 Å². The van der Waals surface area contributed by atoms with E-state index in [0.717, 1.165) is 9.87 Å². The van der Waals surface area contributed by atoms with Gasteiger partial charge in [-0.3, -0.25) is 9.10 Å². The summed E-state index contributed by atoms with van der Waals surface area (Å²) in [5.41, 5.74) is 1.60. The van der Waals surface area contributed by atoms with Gasteiger partial charge < -0.3 is 14.8 Å².